The maximum atomic E-state index is 12.8. The van der Waals surface area contributed by atoms with Gasteiger partial charge >= 0.3 is 0 Å². The van der Waals surface area contributed by atoms with Gasteiger partial charge in [0.05, 0.1) is 29.4 Å². The molecular weight excluding hydrogens is 342 g/mol. The number of ether oxygens (including phenoxy) is 1. The van der Waals surface area contributed by atoms with Crippen LogP contribution >= 0.6 is 0 Å². The average molecular weight is 363 g/mol. The molecule has 0 saturated heterocycles. The highest BCUT2D eigenvalue weighted by Crippen LogP contribution is 2.38. The first kappa shape index (κ1) is 17.1. The molecule has 0 bridgehead atoms. The molecule has 27 heavy (non-hydrogen) atoms. The van der Waals surface area contributed by atoms with Crippen LogP contribution in [0.2, 0.25) is 0 Å². The van der Waals surface area contributed by atoms with Crippen molar-refractivity contribution in [3.63, 3.8) is 0 Å². The first-order chi connectivity index (χ1) is 12.8. The Bertz CT molecular complexity index is 1160. The largest absolute Gasteiger partial charge is 0.496 e. The van der Waals surface area contributed by atoms with Crippen LogP contribution < -0.4 is 15.8 Å². The highest BCUT2D eigenvalue weighted by Gasteiger charge is 2.29. The van der Waals surface area contributed by atoms with Crippen molar-refractivity contribution in [3.8, 4) is 11.4 Å². The first-order valence-corrected chi connectivity index (χ1v) is 8.66. The van der Waals surface area contributed by atoms with E-state index in [-0.39, 0.29) is 5.91 Å². The smallest absolute Gasteiger partial charge is 0.259 e. The Morgan fingerprint density at radius 3 is 2.59 bits per heavy atom. The van der Waals surface area contributed by atoms with Crippen LogP contribution in [0.15, 0.2) is 17.8 Å². The number of carbonyl (C=O) groups excluding carboxylic acids is 1. The number of aromatic nitrogens is 3. The molecule has 2 aromatic heterocycles. The molecule has 1 amide bonds. The number of aryl methyl sites for hydroxylation is 2. The van der Waals surface area contributed by atoms with E-state index in [4.69, 9.17) is 10.5 Å². The van der Waals surface area contributed by atoms with Gasteiger partial charge in [-0.2, -0.15) is 0 Å². The number of benzene rings is 1. The van der Waals surface area contributed by atoms with Gasteiger partial charge in [0.2, 0.25) is 0 Å². The van der Waals surface area contributed by atoms with Crippen LogP contribution in [0.1, 0.15) is 39.9 Å². The fourth-order valence-corrected chi connectivity index (χ4v) is 3.76. The van der Waals surface area contributed by atoms with Gasteiger partial charge in [0.25, 0.3) is 5.91 Å². The topological polar surface area (TPSA) is 95.1 Å². The summed E-state index contributed by atoms with van der Waals surface area (Å²) in [5.74, 6) is 1.44. The van der Waals surface area contributed by atoms with Crippen LogP contribution in [0.4, 0.5) is 5.82 Å². The number of rotatable bonds is 2. The van der Waals surface area contributed by atoms with Crippen molar-refractivity contribution in [1.82, 2.24) is 19.9 Å². The molecule has 0 spiro atoms. The molecule has 3 N–H and O–H groups in total. The lowest BCUT2D eigenvalue weighted by atomic mass is 10.1. The highest BCUT2D eigenvalue weighted by molar-refractivity contribution is 6.15. The van der Waals surface area contributed by atoms with Gasteiger partial charge in [0.15, 0.2) is 5.65 Å². The standard InChI is InChI=1S/C20H21N5O2/c1-9-6-7-14(27-5)11(3)17(9)25-18(21)16-15-13(8-10(2)22-20(16)26)23-12(4)24-19(15)25/h6-8H,21H2,1-5H3,(H,22,26). The van der Waals surface area contributed by atoms with E-state index in [0.29, 0.717) is 33.9 Å². The number of nitrogen functional groups attached to an aromatic ring is 1. The fraction of sp³-hybridized carbons (Fsp3) is 0.250. The lowest BCUT2D eigenvalue weighted by molar-refractivity contribution is 0.0969. The van der Waals surface area contributed by atoms with Crippen LogP contribution in [0.25, 0.3) is 22.8 Å². The molecule has 0 saturated carbocycles. The molecule has 0 fully saturated rings. The van der Waals surface area contributed by atoms with Crippen LogP contribution in [0.3, 0.4) is 0 Å². The quantitative estimate of drug-likeness (QED) is 0.730. The Hall–Kier alpha value is -3.35. The van der Waals surface area contributed by atoms with E-state index < -0.39 is 0 Å². The van der Waals surface area contributed by atoms with Gasteiger partial charge < -0.3 is 15.8 Å². The summed E-state index contributed by atoms with van der Waals surface area (Å²) in [5, 5.41) is 3.52. The molecule has 3 aromatic rings. The zero-order valence-corrected chi connectivity index (χ0v) is 16.0. The van der Waals surface area contributed by atoms with E-state index in [1.54, 1.807) is 7.11 Å². The third-order valence-electron chi connectivity index (χ3n) is 4.91. The van der Waals surface area contributed by atoms with Gasteiger partial charge in [-0.3, -0.25) is 9.36 Å². The molecule has 7 heteroatoms. The number of anilines is 1. The van der Waals surface area contributed by atoms with E-state index in [1.807, 2.05) is 50.5 Å². The van der Waals surface area contributed by atoms with Gasteiger partial charge in [-0.1, -0.05) is 6.07 Å². The Kier molecular flexibility index (Phi) is 3.69. The normalized spacial score (nSPS) is 13.4. The van der Waals surface area contributed by atoms with Crippen molar-refractivity contribution < 1.29 is 9.53 Å². The summed E-state index contributed by atoms with van der Waals surface area (Å²) in [6.07, 6.45) is 1.85. The van der Waals surface area contributed by atoms with E-state index in [2.05, 4.69) is 15.3 Å². The summed E-state index contributed by atoms with van der Waals surface area (Å²) in [7, 11) is 1.63. The Morgan fingerprint density at radius 1 is 1.15 bits per heavy atom. The minimum absolute atomic E-state index is 0.255. The molecule has 7 nitrogen and oxygen atoms in total. The maximum absolute atomic E-state index is 12.8. The third-order valence-corrected chi connectivity index (χ3v) is 4.91. The van der Waals surface area contributed by atoms with Crippen LogP contribution in [-0.4, -0.2) is 27.6 Å². The summed E-state index contributed by atoms with van der Waals surface area (Å²) in [6, 6.07) is 3.89. The van der Waals surface area contributed by atoms with Crippen LogP contribution in [-0.2, 0) is 0 Å². The predicted molar refractivity (Wildman–Crippen MR) is 105 cm³/mol. The lowest BCUT2D eigenvalue weighted by Gasteiger charge is -2.17. The van der Waals surface area contributed by atoms with Crippen molar-refractivity contribution >= 4 is 28.8 Å². The molecule has 0 atom stereocenters. The molecule has 0 unspecified atom stereocenters. The minimum atomic E-state index is -0.255. The average Bonchev–Trinajstić information content (AvgIpc) is 2.80. The lowest BCUT2D eigenvalue weighted by Crippen LogP contribution is -2.21. The van der Waals surface area contributed by atoms with Crippen LogP contribution in [0, 0.1) is 20.8 Å². The van der Waals surface area contributed by atoms with Crippen molar-refractivity contribution in [1.29, 1.82) is 0 Å². The minimum Gasteiger partial charge on any atom is -0.496 e. The van der Waals surface area contributed by atoms with Crippen molar-refractivity contribution in [3.05, 3.63) is 46.0 Å². The summed E-state index contributed by atoms with van der Waals surface area (Å²) >= 11 is 0. The molecular formula is C20H21N5O2. The fourth-order valence-electron chi connectivity index (χ4n) is 3.76. The second-order valence-corrected chi connectivity index (χ2v) is 6.79. The Balaban J connectivity index is 2.21. The van der Waals surface area contributed by atoms with Crippen molar-refractivity contribution in [2.45, 2.75) is 27.7 Å². The monoisotopic (exact) mass is 363 g/mol. The van der Waals surface area contributed by atoms with Crippen LogP contribution in [0.5, 0.6) is 5.75 Å². The Morgan fingerprint density at radius 2 is 1.89 bits per heavy atom. The summed E-state index contributed by atoms with van der Waals surface area (Å²) in [4.78, 5) is 22.0. The molecule has 1 aliphatic heterocycles. The van der Waals surface area contributed by atoms with Gasteiger partial charge in [-0.25, -0.2) is 9.97 Å². The number of hydrogen-bond acceptors (Lipinski definition) is 5. The molecule has 4 rings (SSSR count). The summed E-state index contributed by atoms with van der Waals surface area (Å²) in [6.45, 7) is 7.63. The number of methoxy groups -OCH3 is 1. The zero-order chi connectivity index (χ0) is 19.5. The maximum Gasteiger partial charge on any atom is 0.259 e. The second-order valence-electron chi connectivity index (χ2n) is 6.79. The van der Waals surface area contributed by atoms with Gasteiger partial charge in [0, 0.05) is 11.3 Å². The molecule has 3 heterocycles. The number of nitrogens with two attached hydrogens (primary N) is 1. The zero-order valence-electron chi connectivity index (χ0n) is 16.0. The van der Waals surface area contributed by atoms with Crippen molar-refractivity contribution in [2.75, 3.05) is 12.8 Å². The van der Waals surface area contributed by atoms with E-state index in [1.165, 1.54) is 0 Å². The number of amides is 1. The molecule has 0 radical (unpaired) electrons. The van der Waals surface area contributed by atoms with E-state index >= 15 is 0 Å². The summed E-state index contributed by atoms with van der Waals surface area (Å²) < 4.78 is 7.32. The summed E-state index contributed by atoms with van der Waals surface area (Å²) in [5.41, 5.74) is 11.7. The number of nitrogens with zero attached hydrogens (tertiary/aromatic N) is 3. The molecule has 1 aromatic carbocycles. The predicted octanol–water partition coefficient (Wildman–Crippen LogP) is 3.04. The van der Waals surface area contributed by atoms with Gasteiger partial charge in [-0.05, 0) is 45.4 Å². The molecule has 138 valence electrons. The number of hydrogen-bond donors (Lipinski definition) is 2. The first-order valence-electron chi connectivity index (χ1n) is 8.66. The number of allylic oxidation sites excluding steroid dienone is 1. The number of nitrogens with one attached hydrogen (secondary N) is 1. The van der Waals surface area contributed by atoms with E-state index in [0.717, 1.165) is 28.3 Å². The van der Waals surface area contributed by atoms with Gasteiger partial charge in [-0.15, -0.1) is 0 Å². The van der Waals surface area contributed by atoms with Gasteiger partial charge in [0.1, 0.15) is 17.4 Å². The third kappa shape index (κ3) is 2.38. The molecule has 1 aliphatic rings. The number of carbonyl (C=O) groups is 1. The second kappa shape index (κ2) is 5.84. The van der Waals surface area contributed by atoms with E-state index in [9.17, 15) is 4.79 Å². The van der Waals surface area contributed by atoms with Crippen molar-refractivity contribution in [2.24, 2.45) is 0 Å². The highest BCUT2D eigenvalue weighted by atomic mass is 16.5. The SMILES string of the molecule is COc1ccc(C)c(-n2c(N)c3c4c(nc(C)nc42)C=C(C)NC3=O)c1C. The molecule has 0 aliphatic carbocycles. The Labute approximate surface area is 156 Å².